The summed E-state index contributed by atoms with van der Waals surface area (Å²) in [5.74, 6) is 0.0346. The van der Waals surface area contributed by atoms with Gasteiger partial charge in [-0.15, -0.1) is 10.2 Å². The number of thioether (sulfide) groups is 1. The molecule has 1 aromatic carbocycles. The van der Waals surface area contributed by atoms with Crippen molar-refractivity contribution in [2.75, 3.05) is 24.2 Å². The smallest absolute Gasteiger partial charge is 0.263 e. The van der Waals surface area contributed by atoms with Gasteiger partial charge in [-0.2, -0.15) is 0 Å². The lowest BCUT2D eigenvalue weighted by Gasteiger charge is -2.09. The summed E-state index contributed by atoms with van der Waals surface area (Å²) < 4.78 is 11.3. The van der Waals surface area contributed by atoms with Crippen LogP contribution in [-0.2, 0) is 9.53 Å². The minimum absolute atomic E-state index is 0.101. The van der Waals surface area contributed by atoms with Gasteiger partial charge in [-0.25, -0.2) is 0 Å². The Morgan fingerprint density at radius 2 is 2.16 bits per heavy atom. The van der Waals surface area contributed by atoms with Gasteiger partial charge in [0.05, 0.1) is 16.9 Å². The number of benzene rings is 1. The molecule has 4 rings (SSSR count). The number of aryl methyl sites for hydroxylation is 1. The molecule has 2 N–H and O–H groups in total. The highest BCUT2D eigenvalue weighted by atomic mass is 35.5. The molecule has 168 valence electrons. The number of amides is 2. The molecule has 2 aromatic heterocycles. The minimum Gasteiger partial charge on any atom is -0.376 e. The number of ether oxygens (including phenoxy) is 1. The maximum atomic E-state index is 12.9. The molecule has 0 bridgehead atoms. The number of hydrogen-bond donors (Lipinski definition) is 2. The highest BCUT2D eigenvalue weighted by Gasteiger charge is 2.24. The molecule has 1 fully saturated rings. The van der Waals surface area contributed by atoms with E-state index in [1.54, 1.807) is 31.2 Å². The minimum atomic E-state index is -0.430. The molecule has 1 atom stereocenters. The number of aromatic nitrogens is 3. The summed E-state index contributed by atoms with van der Waals surface area (Å²) in [6, 6.07) is 7.08. The van der Waals surface area contributed by atoms with Crippen molar-refractivity contribution in [1.29, 1.82) is 0 Å². The monoisotopic (exact) mass is 493 g/mol. The molecule has 2 amide bonds. The zero-order valence-corrected chi connectivity index (χ0v) is 19.5. The van der Waals surface area contributed by atoms with E-state index in [1.165, 1.54) is 23.1 Å². The van der Waals surface area contributed by atoms with Gasteiger partial charge in [-0.05, 0) is 25.8 Å². The van der Waals surface area contributed by atoms with Crippen LogP contribution in [0.2, 0.25) is 5.02 Å². The third kappa shape index (κ3) is 5.47. The number of carbonyl (C=O) groups is 2. The molecule has 1 aliphatic rings. The van der Waals surface area contributed by atoms with Crippen LogP contribution < -0.4 is 10.6 Å². The second-order valence-electron chi connectivity index (χ2n) is 7.00. The Morgan fingerprint density at radius 3 is 2.94 bits per heavy atom. The van der Waals surface area contributed by atoms with E-state index in [9.17, 15) is 9.59 Å². The van der Waals surface area contributed by atoms with Gasteiger partial charge in [0.25, 0.3) is 5.91 Å². The van der Waals surface area contributed by atoms with Crippen molar-refractivity contribution in [2.45, 2.75) is 30.2 Å². The lowest BCUT2D eigenvalue weighted by Crippen LogP contribution is -2.32. The van der Waals surface area contributed by atoms with Crippen LogP contribution in [0.4, 0.5) is 5.13 Å². The number of rotatable bonds is 8. The Kier molecular flexibility index (Phi) is 7.40. The van der Waals surface area contributed by atoms with Gasteiger partial charge in [0.15, 0.2) is 4.34 Å². The summed E-state index contributed by atoms with van der Waals surface area (Å²) in [6.45, 7) is 2.92. The molecule has 1 saturated heterocycles. The van der Waals surface area contributed by atoms with Gasteiger partial charge >= 0.3 is 0 Å². The van der Waals surface area contributed by atoms with Crippen molar-refractivity contribution in [3.8, 4) is 11.3 Å². The lowest BCUT2D eigenvalue weighted by atomic mass is 10.1. The van der Waals surface area contributed by atoms with E-state index in [2.05, 4.69) is 26.0 Å². The Labute approximate surface area is 197 Å². The summed E-state index contributed by atoms with van der Waals surface area (Å²) >= 11 is 8.69. The Bertz CT molecular complexity index is 1110. The average Bonchev–Trinajstić information content (AvgIpc) is 3.52. The SMILES string of the molecule is Cc1onc(-c2ccccc2Cl)c1C(=O)Nc1nnc(SCC(=O)NC[C@@H]2CCCO2)s1. The number of halogens is 1. The first kappa shape index (κ1) is 22.7. The number of nitrogens with zero attached hydrogens (tertiary/aromatic N) is 3. The average molecular weight is 494 g/mol. The largest absolute Gasteiger partial charge is 0.376 e. The summed E-state index contributed by atoms with van der Waals surface area (Å²) in [6.07, 6.45) is 2.10. The molecular formula is C20H20ClN5O4S2. The van der Waals surface area contributed by atoms with Gasteiger partial charge < -0.3 is 14.6 Å². The Hall–Kier alpha value is -2.47. The summed E-state index contributed by atoms with van der Waals surface area (Å²) in [5.41, 5.74) is 1.22. The van der Waals surface area contributed by atoms with Crippen molar-refractivity contribution in [2.24, 2.45) is 0 Å². The van der Waals surface area contributed by atoms with Crippen LogP contribution in [0.25, 0.3) is 11.3 Å². The highest BCUT2D eigenvalue weighted by molar-refractivity contribution is 8.01. The van der Waals surface area contributed by atoms with Crippen LogP contribution in [0.5, 0.6) is 0 Å². The van der Waals surface area contributed by atoms with Gasteiger partial charge in [-0.1, -0.05) is 58.1 Å². The lowest BCUT2D eigenvalue weighted by molar-refractivity contribution is -0.119. The second-order valence-corrected chi connectivity index (χ2v) is 9.60. The highest BCUT2D eigenvalue weighted by Crippen LogP contribution is 2.32. The molecule has 0 saturated carbocycles. The van der Waals surface area contributed by atoms with Gasteiger partial charge in [-0.3, -0.25) is 14.9 Å². The van der Waals surface area contributed by atoms with Crippen molar-refractivity contribution in [3.05, 3.63) is 40.6 Å². The van der Waals surface area contributed by atoms with E-state index in [1.807, 2.05) is 0 Å². The van der Waals surface area contributed by atoms with Gasteiger partial charge in [0, 0.05) is 18.7 Å². The summed E-state index contributed by atoms with van der Waals surface area (Å²) in [5, 5.41) is 18.4. The molecule has 9 nitrogen and oxygen atoms in total. The van der Waals surface area contributed by atoms with Crippen molar-refractivity contribution in [3.63, 3.8) is 0 Å². The molecule has 0 radical (unpaired) electrons. The normalized spacial score (nSPS) is 15.6. The third-order valence-electron chi connectivity index (χ3n) is 4.72. The predicted octanol–water partition coefficient (Wildman–Crippen LogP) is 3.79. The number of anilines is 1. The third-order valence-corrected chi connectivity index (χ3v) is 7.02. The van der Waals surface area contributed by atoms with E-state index >= 15 is 0 Å². The van der Waals surface area contributed by atoms with E-state index in [0.29, 0.717) is 38.1 Å². The molecule has 0 aliphatic carbocycles. The van der Waals surface area contributed by atoms with Gasteiger partial charge in [0.1, 0.15) is 17.0 Å². The van der Waals surface area contributed by atoms with Crippen molar-refractivity contribution < 1.29 is 18.8 Å². The molecule has 1 aliphatic heterocycles. The molecule has 12 heteroatoms. The quantitative estimate of drug-likeness (QED) is 0.359. The Balaban J connectivity index is 1.35. The van der Waals surface area contributed by atoms with Crippen LogP contribution in [0.1, 0.15) is 29.0 Å². The number of carbonyl (C=O) groups excluding carboxylic acids is 2. The van der Waals surface area contributed by atoms with Gasteiger partial charge in [0.2, 0.25) is 11.0 Å². The number of nitrogens with one attached hydrogen (secondary N) is 2. The molecule has 0 unspecified atom stereocenters. The first-order valence-corrected chi connectivity index (χ1v) is 12.1. The fraction of sp³-hybridized carbons (Fsp3) is 0.350. The van der Waals surface area contributed by atoms with Crippen molar-refractivity contribution >= 4 is 51.6 Å². The zero-order chi connectivity index (χ0) is 22.5. The van der Waals surface area contributed by atoms with Crippen LogP contribution in [0.15, 0.2) is 33.1 Å². The van der Waals surface area contributed by atoms with E-state index in [0.717, 1.165) is 19.4 Å². The Morgan fingerprint density at radius 1 is 1.31 bits per heavy atom. The molecular weight excluding hydrogens is 474 g/mol. The molecule has 0 spiro atoms. The van der Waals surface area contributed by atoms with Crippen LogP contribution in [0, 0.1) is 6.92 Å². The predicted molar refractivity (Wildman–Crippen MR) is 122 cm³/mol. The number of hydrogen-bond acceptors (Lipinski definition) is 9. The van der Waals surface area contributed by atoms with Crippen molar-refractivity contribution in [1.82, 2.24) is 20.7 Å². The maximum absolute atomic E-state index is 12.9. The summed E-state index contributed by atoms with van der Waals surface area (Å²) in [7, 11) is 0. The molecule has 3 heterocycles. The fourth-order valence-corrected chi connectivity index (χ4v) is 4.97. The first-order chi connectivity index (χ1) is 15.5. The van der Waals surface area contributed by atoms with E-state index in [4.69, 9.17) is 20.9 Å². The zero-order valence-electron chi connectivity index (χ0n) is 17.1. The van der Waals surface area contributed by atoms with E-state index < -0.39 is 5.91 Å². The molecule has 3 aromatic rings. The second kappa shape index (κ2) is 10.4. The van der Waals surface area contributed by atoms with E-state index in [-0.39, 0.29) is 23.3 Å². The topological polar surface area (TPSA) is 119 Å². The van der Waals surface area contributed by atoms with Crippen LogP contribution >= 0.6 is 34.7 Å². The molecule has 32 heavy (non-hydrogen) atoms. The van der Waals surface area contributed by atoms with Crippen LogP contribution in [0.3, 0.4) is 0 Å². The first-order valence-electron chi connectivity index (χ1n) is 9.88. The maximum Gasteiger partial charge on any atom is 0.263 e. The standard InChI is InChI=1S/C20H20ClN5O4S2/c1-11-16(17(26-30-11)13-6-2-3-7-14(13)21)18(28)23-19-24-25-20(32-19)31-10-15(27)22-9-12-5-4-8-29-12/h2-3,6-7,12H,4-5,8-10H2,1H3,(H,22,27)(H,23,24,28)/t12-/m0/s1. The summed E-state index contributed by atoms with van der Waals surface area (Å²) in [4.78, 5) is 24.9. The fourth-order valence-electron chi connectivity index (χ4n) is 3.17. The van der Waals surface area contributed by atoms with Crippen LogP contribution in [-0.4, -0.2) is 52.2 Å².